The molecule has 0 radical (unpaired) electrons. The number of ether oxygens (including phenoxy) is 2. The summed E-state index contributed by atoms with van der Waals surface area (Å²) in [6, 6.07) is 2.82. The second-order valence-corrected chi connectivity index (χ2v) is 10.8. The number of benzene rings is 1. The van der Waals surface area contributed by atoms with E-state index in [9.17, 15) is 26.4 Å². The summed E-state index contributed by atoms with van der Waals surface area (Å²) < 4.78 is 82.5. The Bertz CT molecular complexity index is 992. The summed E-state index contributed by atoms with van der Waals surface area (Å²) in [5.41, 5.74) is -1.81. The van der Waals surface area contributed by atoms with Gasteiger partial charge in [0.2, 0.25) is 0 Å². The second-order valence-electron chi connectivity index (χ2n) is 9.22. The zero-order valence-electron chi connectivity index (χ0n) is 17.7. The van der Waals surface area contributed by atoms with Gasteiger partial charge in [-0.05, 0) is 68.1 Å². The SMILES string of the molecule is CCC1(Oc2cc(C(=O)OCCS(=O)(=O)O)ccc2C(F)(F)F)CC2CC1C1CCCC21. The fraction of sp³-hybridized carbons (Fsp3) is 0.682. The van der Waals surface area contributed by atoms with Gasteiger partial charge in [-0.3, -0.25) is 4.55 Å². The molecule has 0 saturated heterocycles. The summed E-state index contributed by atoms with van der Waals surface area (Å²) in [7, 11) is -4.33. The van der Waals surface area contributed by atoms with Crippen LogP contribution in [0.15, 0.2) is 18.2 Å². The van der Waals surface area contributed by atoms with Crippen LogP contribution in [0, 0.1) is 23.7 Å². The average Bonchev–Trinajstić information content (AvgIpc) is 3.38. The molecule has 4 rings (SSSR count). The van der Waals surface area contributed by atoms with Crippen LogP contribution in [0.25, 0.3) is 0 Å². The molecule has 0 heterocycles. The van der Waals surface area contributed by atoms with Gasteiger partial charge in [-0.1, -0.05) is 13.3 Å². The second kappa shape index (κ2) is 8.20. The van der Waals surface area contributed by atoms with Crippen molar-refractivity contribution in [2.75, 3.05) is 12.4 Å². The Hall–Kier alpha value is -1.81. The third-order valence-corrected chi connectivity index (χ3v) is 8.28. The quantitative estimate of drug-likeness (QED) is 0.452. The molecule has 1 aromatic carbocycles. The van der Waals surface area contributed by atoms with Crippen molar-refractivity contribution in [2.45, 2.75) is 57.2 Å². The predicted octanol–water partition coefficient (Wildman–Crippen LogP) is 4.73. The van der Waals surface area contributed by atoms with Gasteiger partial charge in [-0.15, -0.1) is 0 Å². The molecule has 32 heavy (non-hydrogen) atoms. The minimum Gasteiger partial charge on any atom is -0.486 e. The van der Waals surface area contributed by atoms with E-state index in [1.54, 1.807) is 0 Å². The highest BCUT2D eigenvalue weighted by Crippen LogP contribution is 2.64. The number of hydrogen-bond donors (Lipinski definition) is 1. The van der Waals surface area contributed by atoms with Gasteiger partial charge in [0.1, 0.15) is 23.7 Å². The van der Waals surface area contributed by atoms with Gasteiger partial charge < -0.3 is 9.47 Å². The van der Waals surface area contributed by atoms with Gasteiger partial charge in [0.15, 0.2) is 0 Å². The Morgan fingerprint density at radius 1 is 1.25 bits per heavy atom. The number of carbonyl (C=O) groups is 1. The van der Waals surface area contributed by atoms with Gasteiger partial charge in [-0.2, -0.15) is 21.6 Å². The predicted molar refractivity (Wildman–Crippen MR) is 109 cm³/mol. The lowest BCUT2D eigenvalue weighted by Crippen LogP contribution is -2.46. The molecule has 3 aliphatic carbocycles. The van der Waals surface area contributed by atoms with E-state index in [1.807, 2.05) is 6.92 Å². The third-order valence-electron chi connectivity index (χ3n) is 7.60. The molecule has 0 amide bonds. The lowest BCUT2D eigenvalue weighted by molar-refractivity contribution is -0.141. The highest BCUT2D eigenvalue weighted by molar-refractivity contribution is 7.85. The first-order chi connectivity index (χ1) is 14.9. The van der Waals surface area contributed by atoms with Crippen molar-refractivity contribution in [1.29, 1.82) is 0 Å². The van der Waals surface area contributed by atoms with Crippen LogP contribution in [0.2, 0.25) is 0 Å². The first-order valence-corrected chi connectivity index (χ1v) is 12.6. The van der Waals surface area contributed by atoms with E-state index in [0.29, 0.717) is 24.2 Å². The molecule has 1 N–H and O–H groups in total. The molecular weight excluding hydrogens is 449 g/mol. The van der Waals surface area contributed by atoms with Gasteiger partial charge in [0.25, 0.3) is 10.1 Å². The van der Waals surface area contributed by atoms with E-state index in [0.717, 1.165) is 43.9 Å². The number of esters is 1. The molecule has 2 bridgehead atoms. The molecule has 3 fully saturated rings. The molecule has 5 unspecified atom stereocenters. The summed E-state index contributed by atoms with van der Waals surface area (Å²) in [5.74, 6) is -0.377. The first kappa shape index (κ1) is 23.4. The topological polar surface area (TPSA) is 89.9 Å². The Kier molecular flexibility index (Phi) is 5.98. The number of fused-ring (bicyclic) bond motifs is 5. The third kappa shape index (κ3) is 4.35. The van der Waals surface area contributed by atoms with Crippen LogP contribution in [0.3, 0.4) is 0 Å². The van der Waals surface area contributed by atoms with Crippen LogP contribution < -0.4 is 4.74 Å². The van der Waals surface area contributed by atoms with Gasteiger partial charge in [0, 0.05) is 5.92 Å². The molecule has 1 aromatic rings. The fourth-order valence-corrected chi connectivity index (χ4v) is 6.61. The Labute approximate surface area is 185 Å². The van der Waals surface area contributed by atoms with E-state index >= 15 is 0 Å². The summed E-state index contributed by atoms with van der Waals surface area (Å²) in [6.45, 7) is 1.33. The van der Waals surface area contributed by atoms with E-state index in [2.05, 4.69) is 0 Å². The number of carbonyl (C=O) groups excluding carboxylic acids is 1. The zero-order valence-corrected chi connectivity index (χ0v) is 18.5. The van der Waals surface area contributed by atoms with Gasteiger partial charge in [-0.25, -0.2) is 4.79 Å². The van der Waals surface area contributed by atoms with Crippen LogP contribution in [0.4, 0.5) is 13.2 Å². The number of halogens is 3. The lowest BCUT2D eigenvalue weighted by Gasteiger charge is -2.43. The Morgan fingerprint density at radius 3 is 2.62 bits per heavy atom. The van der Waals surface area contributed by atoms with Crippen LogP contribution in [0.5, 0.6) is 5.75 Å². The number of alkyl halides is 3. The normalized spacial score (nSPS) is 31.5. The van der Waals surface area contributed by atoms with Crippen molar-refractivity contribution in [3.05, 3.63) is 29.3 Å². The lowest BCUT2D eigenvalue weighted by atomic mass is 9.71. The van der Waals surface area contributed by atoms with Crippen molar-refractivity contribution in [2.24, 2.45) is 23.7 Å². The maximum Gasteiger partial charge on any atom is 0.419 e. The van der Waals surface area contributed by atoms with Crippen LogP contribution in [-0.4, -0.2) is 36.9 Å². The molecule has 0 spiro atoms. The van der Waals surface area contributed by atoms with Crippen LogP contribution >= 0.6 is 0 Å². The standard InChI is InChI=1S/C22H27F3O6S/c1-2-21(12-14-10-18(21)16-5-3-4-15(14)16)31-19-11-13(6-7-17(19)22(23,24)25)20(26)30-8-9-32(27,28)29/h6-7,11,14-16,18H,2-5,8-10,12H2,1H3,(H,27,28,29). The first-order valence-electron chi connectivity index (χ1n) is 11.0. The Morgan fingerprint density at radius 2 is 1.97 bits per heavy atom. The van der Waals surface area contributed by atoms with Crippen molar-refractivity contribution in [3.8, 4) is 5.75 Å². The van der Waals surface area contributed by atoms with E-state index in [-0.39, 0.29) is 11.5 Å². The van der Waals surface area contributed by atoms with Crippen molar-refractivity contribution in [1.82, 2.24) is 0 Å². The van der Waals surface area contributed by atoms with E-state index in [1.165, 1.54) is 6.42 Å². The van der Waals surface area contributed by atoms with Gasteiger partial charge >= 0.3 is 12.1 Å². The molecule has 3 saturated carbocycles. The summed E-state index contributed by atoms with van der Waals surface area (Å²) >= 11 is 0. The fourth-order valence-electron chi connectivity index (χ4n) is 6.32. The van der Waals surface area contributed by atoms with E-state index in [4.69, 9.17) is 14.0 Å². The average molecular weight is 477 g/mol. The van der Waals surface area contributed by atoms with Crippen LogP contribution in [-0.2, 0) is 21.0 Å². The molecule has 0 aromatic heterocycles. The molecular formula is C22H27F3O6S. The minimum atomic E-state index is -4.66. The molecule has 10 heteroatoms. The highest BCUT2D eigenvalue weighted by Gasteiger charge is 2.61. The molecule has 178 valence electrons. The number of rotatable bonds is 7. The molecule has 6 nitrogen and oxygen atoms in total. The van der Waals surface area contributed by atoms with Crippen molar-refractivity contribution in [3.63, 3.8) is 0 Å². The summed E-state index contributed by atoms with van der Waals surface area (Å²) in [5, 5.41) is 0. The van der Waals surface area contributed by atoms with Crippen molar-refractivity contribution < 1.29 is 40.4 Å². The summed E-state index contributed by atoms with van der Waals surface area (Å²) in [6.07, 6.45) is 1.04. The zero-order chi connectivity index (χ0) is 23.3. The summed E-state index contributed by atoms with van der Waals surface area (Å²) in [4.78, 5) is 12.3. The maximum absolute atomic E-state index is 13.7. The molecule has 0 aliphatic heterocycles. The van der Waals surface area contributed by atoms with E-state index < -0.39 is 51.5 Å². The maximum atomic E-state index is 13.7. The number of hydrogen-bond acceptors (Lipinski definition) is 5. The Balaban J connectivity index is 1.60. The molecule has 5 atom stereocenters. The molecule has 3 aliphatic rings. The highest BCUT2D eigenvalue weighted by atomic mass is 32.2. The van der Waals surface area contributed by atoms with Gasteiger partial charge in [0.05, 0.1) is 11.1 Å². The monoisotopic (exact) mass is 476 g/mol. The van der Waals surface area contributed by atoms with Crippen LogP contribution in [0.1, 0.15) is 61.4 Å². The van der Waals surface area contributed by atoms with Crippen molar-refractivity contribution >= 4 is 16.1 Å². The largest absolute Gasteiger partial charge is 0.486 e. The minimum absolute atomic E-state index is 0.170. The smallest absolute Gasteiger partial charge is 0.419 e.